The van der Waals surface area contributed by atoms with Gasteiger partial charge in [-0.3, -0.25) is 0 Å². The van der Waals surface area contributed by atoms with Crippen molar-refractivity contribution in [2.24, 2.45) is 0 Å². The van der Waals surface area contributed by atoms with E-state index in [0.717, 1.165) is 36.6 Å². The Bertz CT molecular complexity index is 1230. The second-order valence-corrected chi connectivity index (χ2v) is 8.28. The van der Waals surface area contributed by atoms with Crippen LogP contribution in [0.15, 0.2) is 83.7 Å². The highest BCUT2D eigenvalue weighted by atomic mass is 19.1. The average molecular weight is 460 g/mol. The van der Waals surface area contributed by atoms with Crippen molar-refractivity contribution in [2.75, 3.05) is 24.8 Å². The van der Waals surface area contributed by atoms with Crippen LogP contribution < -0.4 is 14.4 Å². The SMILES string of the molecule is Cc1ccc(-c2cc(N(CCCN3C=CC=CC=C3)Cc3ccc4c(c3)OCO4)on2)cc1F. The maximum Gasteiger partial charge on any atom is 0.231 e. The van der Waals surface area contributed by atoms with E-state index < -0.39 is 0 Å². The van der Waals surface area contributed by atoms with Gasteiger partial charge in [0.2, 0.25) is 12.7 Å². The molecule has 3 aromatic rings. The van der Waals surface area contributed by atoms with Gasteiger partial charge in [-0.05, 0) is 54.8 Å². The quantitative estimate of drug-likeness (QED) is 0.424. The first kappa shape index (κ1) is 21.8. The number of halogens is 1. The van der Waals surface area contributed by atoms with E-state index in [4.69, 9.17) is 14.0 Å². The lowest BCUT2D eigenvalue weighted by atomic mass is 10.1. The van der Waals surface area contributed by atoms with Gasteiger partial charge in [-0.1, -0.05) is 35.5 Å². The predicted molar refractivity (Wildman–Crippen MR) is 129 cm³/mol. The number of aromatic nitrogens is 1. The molecule has 0 fully saturated rings. The first-order valence-electron chi connectivity index (χ1n) is 11.3. The van der Waals surface area contributed by atoms with Crippen molar-refractivity contribution in [3.8, 4) is 22.8 Å². The molecule has 5 rings (SSSR count). The Morgan fingerprint density at radius 3 is 2.62 bits per heavy atom. The van der Waals surface area contributed by atoms with Crippen molar-refractivity contribution in [2.45, 2.75) is 19.9 Å². The first-order valence-corrected chi connectivity index (χ1v) is 11.3. The molecule has 174 valence electrons. The fourth-order valence-corrected chi connectivity index (χ4v) is 3.92. The van der Waals surface area contributed by atoms with Crippen molar-refractivity contribution in [1.29, 1.82) is 0 Å². The van der Waals surface area contributed by atoms with E-state index in [1.54, 1.807) is 13.0 Å². The minimum absolute atomic E-state index is 0.243. The molecule has 1 aromatic heterocycles. The zero-order valence-corrected chi connectivity index (χ0v) is 19.0. The van der Waals surface area contributed by atoms with E-state index in [-0.39, 0.29) is 12.6 Å². The summed E-state index contributed by atoms with van der Waals surface area (Å²) < 4.78 is 30.8. The van der Waals surface area contributed by atoms with Gasteiger partial charge in [-0.2, -0.15) is 0 Å². The number of fused-ring (bicyclic) bond motifs is 1. The summed E-state index contributed by atoms with van der Waals surface area (Å²) in [6.07, 6.45) is 13.1. The van der Waals surface area contributed by atoms with Crippen LogP contribution in [0.25, 0.3) is 11.3 Å². The van der Waals surface area contributed by atoms with Crippen LogP contribution in [0.2, 0.25) is 0 Å². The molecular formula is C27H26FN3O3. The van der Waals surface area contributed by atoms with Crippen molar-refractivity contribution in [1.82, 2.24) is 10.1 Å². The van der Waals surface area contributed by atoms with Crippen molar-refractivity contribution in [3.63, 3.8) is 0 Å². The minimum Gasteiger partial charge on any atom is -0.454 e. The number of rotatable bonds is 8. The van der Waals surface area contributed by atoms with E-state index >= 15 is 0 Å². The van der Waals surface area contributed by atoms with Crippen LogP contribution in [-0.4, -0.2) is 29.9 Å². The Kier molecular flexibility index (Phi) is 6.33. The van der Waals surface area contributed by atoms with Crippen LogP contribution in [0.4, 0.5) is 10.3 Å². The van der Waals surface area contributed by atoms with E-state index in [9.17, 15) is 4.39 Å². The highest BCUT2D eigenvalue weighted by Gasteiger charge is 2.18. The van der Waals surface area contributed by atoms with E-state index in [2.05, 4.69) is 27.4 Å². The lowest BCUT2D eigenvalue weighted by Gasteiger charge is -2.23. The van der Waals surface area contributed by atoms with Gasteiger partial charge in [-0.25, -0.2) is 4.39 Å². The molecule has 0 bridgehead atoms. The summed E-state index contributed by atoms with van der Waals surface area (Å²) in [6, 6.07) is 12.9. The second kappa shape index (κ2) is 9.87. The van der Waals surface area contributed by atoms with Crippen molar-refractivity contribution in [3.05, 3.63) is 96.1 Å². The standard InChI is InChI=1S/C27H26FN3O3/c1-20-7-9-22(16-23(20)28)24-17-27(34-29-24)31(14-6-13-30-11-4-2-3-5-12-30)18-21-8-10-25-26(15-21)33-19-32-25/h2-5,7-12,15-17H,6,13-14,18-19H2,1H3. The van der Waals surface area contributed by atoms with Gasteiger partial charge in [0.05, 0.1) is 0 Å². The molecule has 7 heteroatoms. The monoisotopic (exact) mass is 459 g/mol. The van der Waals surface area contributed by atoms with Gasteiger partial charge >= 0.3 is 0 Å². The Hall–Kier alpha value is -4.00. The zero-order chi connectivity index (χ0) is 23.3. The lowest BCUT2D eigenvalue weighted by molar-refractivity contribution is 0.174. The normalized spacial score (nSPS) is 14.0. The van der Waals surface area contributed by atoms with E-state index in [0.29, 0.717) is 29.2 Å². The number of anilines is 1. The number of hydrogen-bond acceptors (Lipinski definition) is 6. The van der Waals surface area contributed by atoms with Crippen LogP contribution in [0.3, 0.4) is 0 Å². The molecule has 0 radical (unpaired) electrons. The molecule has 2 aromatic carbocycles. The third-order valence-corrected chi connectivity index (χ3v) is 5.82. The Morgan fingerprint density at radius 1 is 0.971 bits per heavy atom. The Balaban J connectivity index is 1.34. The van der Waals surface area contributed by atoms with Crippen LogP contribution in [0, 0.1) is 12.7 Å². The predicted octanol–water partition coefficient (Wildman–Crippen LogP) is 5.81. The fraction of sp³-hybridized carbons (Fsp3) is 0.222. The molecule has 0 amide bonds. The molecule has 3 heterocycles. The van der Waals surface area contributed by atoms with E-state index in [1.807, 2.05) is 54.6 Å². The summed E-state index contributed by atoms with van der Waals surface area (Å²) in [7, 11) is 0. The first-order chi connectivity index (χ1) is 16.7. The highest BCUT2D eigenvalue weighted by molar-refractivity contribution is 5.62. The summed E-state index contributed by atoms with van der Waals surface area (Å²) in [5, 5.41) is 4.22. The maximum absolute atomic E-state index is 14.1. The number of aryl methyl sites for hydroxylation is 1. The molecule has 0 spiro atoms. The molecular weight excluding hydrogens is 433 g/mol. The van der Waals surface area contributed by atoms with Crippen LogP contribution in [-0.2, 0) is 6.54 Å². The fourth-order valence-electron chi connectivity index (χ4n) is 3.92. The van der Waals surface area contributed by atoms with Gasteiger partial charge in [0.25, 0.3) is 0 Å². The van der Waals surface area contributed by atoms with Crippen LogP contribution >= 0.6 is 0 Å². The lowest BCUT2D eigenvalue weighted by Crippen LogP contribution is -2.26. The molecule has 0 unspecified atom stereocenters. The summed E-state index contributed by atoms with van der Waals surface area (Å²) in [5.41, 5.74) is 2.97. The minimum atomic E-state index is -0.257. The number of benzene rings is 2. The molecule has 0 aliphatic carbocycles. The van der Waals surface area contributed by atoms with Crippen LogP contribution in [0.1, 0.15) is 17.5 Å². The third-order valence-electron chi connectivity index (χ3n) is 5.82. The van der Waals surface area contributed by atoms with Gasteiger partial charge in [0.15, 0.2) is 11.5 Å². The Morgan fingerprint density at radius 2 is 1.79 bits per heavy atom. The smallest absolute Gasteiger partial charge is 0.231 e. The van der Waals surface area contributed by atoms with Crippen molar-refractivity contribution >= 4 is 5.88 Å². The third kappa shape index (κ3) is 4.98. The highest BCUT2D eigenvalue weighted by Crippen LogP contribution is 2.34. The zero-order valence-electron chi connectivity index (χ0n) is 19.0. The molecule has 34 heavy (non-hydrogen) atoms. The van der Waals surface area contributed by atoms with Gasteiger partial charge in [0, 0.05) is 43.7 Å². The molecule has 2 aliphatic rings. The summed E-state index contributed by atoms with van der Waals surface area (Å²) >= 11 is 0. The van der Waals surface area contributed by atoms with E-state index in [1.165, 1.54) is 6.07 Å². The van der Waals surface area contributed by atoms with Crippen molar-refractivity contribution < 1.29 is 18.4 Å². The maximum atomic E-state index is 14.1. The molecule has 0 N–H and O–H groups in total. The summed E-state index contributed by atoms with van der Waals surface area (Å²) in [4.78, 5) is 4.29. The topological polar surface area (TPSA) is 51.0 Å². The number of nitrogens with zero attached hydrogens (tertiary/aromatic N) is 3. The summed E-state index contributed by atoms with van der Waals surface area (Å²) in [6.45, 7) is 4.20. The molecule has 0 saturated carbocycles. The molecule has 6 nitrogen and oxygen atoms in total. The summed E-state index contributed by atoms with van der Waals surface area (Å²) in [5.74, 6) is 1.88. The second-order valence-electron chi connectivity index (χ2n) is 8.28. The Labute approximate surface area is 198 Å². The van der Waals surface area contributed by atoms with Crippen LogP contribution in [0.5, 0.6) is 11.5 Å². The largest absolute Gasteiger partial charge is 0.454 e. The molecule has 0 atom stereocenters. The molecule has 2 aliphatic heterocycles. The molecule has 0 saturated heterocycles. The number of ether oxygens (including phenoxy) is 2. The average Bonchev–Trinajstić information content (AvgIpc) is 3.44. The number of allylic oxidation sites excluding steroid dienone is 4. The van der Waals surface area contributed by atoms with Gasteiger partial charge < -0.3 is 23.8 Å². The van der Waals surface area contributed by atoms with Gasteiger partial charge in [0.1, 0.15) is 11.5 Å². The van der Waals surface area contributed by atoms with Gasteiger partial charge in [-0.15, -0.1) is 0 Å². The number of hydrogen-bond donors (Lipinski definition) is 0.